The average molecular weight is 1320 g/mol. The van der Waals surface area contributed by atoms with Crippen molar-refractivity contribution in [3.63, 3.8) is 0 Å². The Hall–Kier alpha value is -6.28. The van der Waals surface area contributed by atoms with Crippen molar-refractivity contribution in [2.75, 3.05) is 62.2 Å². The van der Waals surface area contributed by atoms with E-state index < -0.39 is 48.7 Å². The maximum absolute atomic E-state index is 14.4. The van der Waals surface area contributed by atoms with E-state index in [1.54, 1.807) is 66.1 Å². The number of carbonyl (C=O) groups is 4. The summed E-state index contributed by atoms with van der Waals surface area (Å²) in [6.07, 6.45) is 2.78. The van der Waals surface area contributed by atoms with Crippen molar-refractivity contribution in [2.24, 2.45) is 0 Å². The molecule has 2 aromatic heterocycles. The van der Waals surface area contributed by atoms with Crippen LogP contribution in [-0.2, 0) is 63.1 Å². The van der Waals surface area contributed by atoms with Crippen molar-refractivity contribution < 1.29 is 44.8 Å². The van der Waals surface area contributed by atoms with E-state index >= 15 is 0 Å². The first-order valence-corrected chi connectivity index (χ1v) is 31.0. The quantitative estimate of drug-likeness (QED) is 0.120. The van der Waals surface area contributed by atoms with E-state index in [2.05, 4.69) is 25.9 Å². The number of imidazole rings is 2. The van der Waals surface area contributed by atoms with Crippen molar-refractivity contribution >= 4 is 129 Å². The van der Waals surface area contributed by atoms with Gasteiger partial charge in [-0.15, -0.1) is 0 Å². The van der Waals surface area contributed by atoms with Gasteiger partial charge in [0.25, 0.3) is 31.9 Å². The van der Waals surface area contributed by atoms with Crippen molar-refractivity contribution in [3.8, 4) is 11.1 Å². The molecular formula is C56H51BrCl4F2N10O8S2. The lowest BCUT2D eigenvalue weighted by Gasteiger charge is -2.34. The first kappa shape index (κ1) is 59.9. The predicted molar refractivity (Wildman–Crippen MR) is 314 cm³/mol. The summed E-state index contributed by atoms with van der Waals surface area (Å²) in [6, 6.07) is 26.9. The van der Waals surface area contributed by atoms with Gasteiger partial charge in [-0.25, -0.2) is 45.4 Å². The summed E-state index contributed by atoms with van der Waals surface area (Å²) < 4.78 is 90.1. The molecule has 0 aliphatic carbocycles. The van der Waals surface area contributed by atoms with E-state index in [0.29, 0.717) is 38.1 Å². The number of carbonyl (C=O) groups excluding carboxylic acids is 4. The first-order chi connectivity index (χ1) is 39.2. The van der Waals surface area contributed by atoms with Gasteiger partial charge < -0.3 is 9.80 Å². The monoisotopic (exact) mass is 1310 g/mol. The van der Waals surface area contributed by atoms with Crippen molar-refractivity contribution in [1.29, 1.82) is 0 Å². The highest BCUT2D eigenvalue weighted by Crippen LogP contribution is 2.47. The zero-order valence-corrected chi connectivity index (χ0v) is 51.0. The molecule has 4 aliphatic heterocycles. The molecule has 4 amide bonds. The molecule has 0 bridgehead atoms. The first-order valence-electron chi connectivity index (χ1n) is 25.8. The zero-order valence-electron chi connectivity index (χ0n) is 44.7. The predicted octanol–water partition coefficient (Wildman–Crippen LogP) is 10.1. The molecule has 2 fully saturated rings. The lowest BCUT2D eigenvalue weighted by molar-refractivity contribution is -0.130. The summed E-state index contributed by atoms with van der Waals surface area (Å²) in [5.41, 5.74) is 0.319. The molecule has 6 heterocycles. The van der Waals surface area contributed by atoms with Gasteiger partial charge in [-0.3, -0.25) is 28.3 Å². The molecular weight excluding hydrogens is 1260 g/mol. The lowest BCUT2D eigenvalue weighted by atomic mass is 9.91. The summed E-state index contributed by atoms with van der Waals surface area (Å²) in [5.74, 6) is -2.23. The highest BCUT2D eigenvalue weighted by atomic mass is 79.9. The Morgan fingerprint density at radius 2 is 0.880 bits per heavy atom. The molecule has 2 atom stereocenters. The molecule has 0 unspecified atom stereocenters. The topological polar surface area (TPSA) is 192 Å². The van der Waals surface area contributed by atoms with Crippen LogP contribution in [0.1, 0.15) is 38.8 Å². The molecule has 11 rings (SSSR count). The molecule has 2 saturated heterocycles. The largest absolute Gasteiger partial charge is 0.340 e. The molecule has 0 radical (unpaired) electrons. The number of hydrogen-bond donors (Lipinski definition) is 0. The minimum atomic E-state index is -4.16. The normalized spacial score (nSPS) is 19.5. The van der Waals surface area contributed by atoms with Gasteiger partial charge in [0.15, 0.2) is 10.1 Å². The van der Waals surface area contributed by atoms with E-state index in [0.717, 1.165) is 16.1 Å². The second-order valence-corrected chi connectivity index (χ2v) is 27.1. The molecule has 83 heavy (non-hydrogen) atoms. The number of amides is 4. The molecule has 0 saturated carbocycles. The number of sulfonamides is 2. The van der Waals surface area contributed by atoms with Gasteiger partial charge in [0, 0.05) is 110 Å². The van der Waals surface area contributed by atoms with Crippen LogP contribution in [0.15, 0.2) is 130 Å². The lowest BCUT2D eigenvalue weighted by Crippen LogP contribution is -2.50. The maximum atomic E-state index is 14.4. The Balaban J connectivity index is 0.000000188. The Morgan fingerprint density at radius 1 is 0.530 bits per heavy atom. The summed E-state index contributed by atoms with van der Waals surface area (Å²) in [4.78, 5) is 66.8. The average Bonchev–Trinajstić information content (AvgIpc) is 1.60. The molecule has 27 heteroatoms. The highest BCUT2D eigenvalue weighted by Gasteiger charge is 2.54. The standard InChI is InChI=1S/C31H27Cl2F2N5O4S.C25H24BrCl2N5O4S/c1-19(41)37-7-9-38(10-8-37)45(43,44)28-18-36-30-39(27-14-23(32)13-24(33)15-27)29(42)31(2,40(28)30)17-20-3-5-21(6-4-20)22-11-25(34)16-26(35)12-22;1-16(34)30-7-9-31(10-8-30)38(36,37)22-15-29-24-32(21-12-19(27)11-20(28)13-21)23(35)25(2,33(22)24)14-17-3-5-18(26)6-4-17/h3-6,11-16,18H,7-10,17H2,1-2H3;3-6,11-13,15H,7-10,14H2,1-2H3/t31-;25-/m11/s1. The van der Waals surface area contributed by atoms with Crippen LogP contribution < -0.4 is 9.80 Å². The van der Waals surface area contributed by atoms with Crippen molar-refractivity contribution in [3.05, 3.63) is 163 Å². The van der Waals surface area contributed by atoms with E-state index in [9.17, 15) is 44.8 Å². The molecule has 7 aromatic rings. The van der Waals surface area contributed by atoms with E-state index in [1.165, 1.54) is 84.1 Å². The van der Waals surface area contributed by atoms with Crippen molar-refractivity contribution in [2.45, 2.75) is 61.7 Å². The van der Waals surface area contributed by atoms with E-state index in [-0.39, 0.29) is 115 Å². The number of piperazine rings is 2. The van der Waals surface area contributed by atoms with E-state index in [1.807, 2.05) is 24.3 Å². The smallest absolute Gasteiger partial charge is 0.260 e. The summed E-state index contributed by atoms with van der Waals surface area (Å²) in [7, 11) is -8.21. The fourth-order valence-corrected chi connectivity index (χ4v) is 15.4. The number of anilines is 4. The Kier molecular flexibility index (Phi) is 16.6. The number of aromatic nitrogens is 4. The zero-order chi connectivity index (χ0) is 59.7. The SMILES string of the molecule is CC(=O)N1CCN(S(=O)(=O)c2cnc3n2[C@](C)(Cc2ccc(-c4cc(F)cc(F)c4)cc2)C(=O)N3c2cc(Cl)cc(Cl)c2)CC1.CC(=O)N1CCN(S(=O)(=O)c2cnc3n2[C@](C)(Cc2ccc(Br)cc2)C(=O)N3c2cc(Cl)cc(Cl)c2)CC1. The van der Waals surface area contributed by atoms with Gasteiger partial charge in [-0.05, 0) is 96.8 Å². The fraction of sp³-hybridized carbons (Fsp3) is 0.286. The van der Waals surface area contributed by atoms with Crippen LogP contribution in [0.4, 0.5) is 32.1 Å². The van der Waals surface area contributed by atoms with Crippen LogP contribution in [0.2, 0.25) is 20.1 Å². The number of fused-ring (bicyclic) bond motifs is 2. The fourth-order valence-electron chi connectivity index (χ4n) is 10.9. The number of nitrogens with zero attached hydrogens (tertiary/aromatic N) is 10. The number of hydrogen-bond acceptors (Lipinski definition) is 10. The number of rotatable bonds is 11. The van der Waals surface area contributed by atoms with E-state index in [4.69, 9.17) is 46.4 Å². The third-order valence-electron chi connectivity index (χ3n) is 15.1. The van der Waals surface area contributed by atoms with Gasteiger partial charge in [0.2, 0.25) is 23.7 Å². The van der Waals surface area contributed by atoms with Crippen molar-refractivity contribution in [1.82, 2.24) is 37.5 Å². The second-order valence-electron chi connectivity index (χ2n) is 20.7. The molecule has 4 aliphatic rings. The minimum Gasteiger partial charge on any atom is -0.340 e. The van der Waals surface area contributed by atoms with Crippen LogP contribution in [0.5, 0.6) is 0 Å². The van der Waals surface area contributed by atoms with Crippen LogP contribution >= 0.6 is 62.3 Å². The minimum absolute atomic E-state index is 0.0540. The van der Waals surface area contributed by atoms with Crippen LogP contribution in [0.25, 0.3) is 11.1 Å². The Bertz CT molecular complexity index is 3930. The highest BCUT2D eigenvalue weighted by molar-refractivity contribution is 9.10. The second kappa shape index (κ2) is 23.0. The Morgan fingerprint density at radius 3 is 1.23 bits per heavy atom. The summed E-state index contributed by atoms with van der Waals surface area (Å²) in [5, 5.41) is 0.946. The number of halogens is 7. The van der Waals surface area contributed by atoms with Gasteiger partial charge in [0.1, 0.15) is 22.7 Å². The maximum Gasteiger partial charge on any atom is 0.260 e. The third-order valence-corrected chi connectivity index (χ3v) is 20.2. The number of benzene rings is 5. The summed E-state index contributed by atoms with van der Waals surface area (Å²) >= 11 is 28.5. The van der Waals surface area contributed by atoms with Crippen LogP contribution in [-0.4, -0.2) is 130 Å². The molecule has 0 N–H and O–H groups in total. The van der Waals surface area contributed by atoms with Gasteiger partial charge in [-0.2, -0.15) is 8.61 Å². The Labute approximate surface area is 505 Å². The van der Waals surface area contributed by atoms with Gasteiger partial charge in [0.05, 0.1) is 23.8 Å². The molecule has 434 valence electrons. The molecule has 0 spiro atoms. The van der Waals surface area contributed by atoms with Gasteiger partial charge in [-0.1, -0.05) is 98.7 Å². The van der Waals surface area contributed by atoms with Gasteiger partial charge >= 0.3 is 0 Å². The summed E-state index contributed by atoms with van der Waals surface area (Å²) in [6.45, 7) is 7.76. The van der Waals surface area contributed by atoms with Crippen LogP contribution in [0, 0.1) is 11.6 Å². The van der Waals surface area contributed by atoms with Crippen LogP contribution in [0.3, 0.4) is 0 Å². The molecule has 5 aromatic carbocycles. The third kappa shape index (κ3) is 11.4. The molecule has 18 nitrogen and oxygen atoms in total.